The Kier molecular flexibility index (Phi) is 4.41. The second-order valence-electron chi connectivity index (χ2n) is 5.14. The highest BCUT2D eigenvalue weighted by Gasteiger charge is 2.09. The summed E-state index contributed by atoms with van der Waals surface area (Å²) in [4.78, 5) is 13.8. The Morgan fingerprint density at radius 2 is 1.75 bits per heavy atom. The van der Waals surface area contributed by atoms with E-state index in [1.54, 1.807) is 11.9 Å². The van der Waals surface area contributed by atoms with Gasteiger partial charge in [0.05, 0.1) is 0 Å². The number of aryl methyl sites for hydroxylation is 2. The molecule has 1 N–H and O–H groups in total. The highest BCUT2D eigenvalue weighted by atomic mass is 16.2. The Morgan fingerprint density at radius 1 is 1.05 bits per heavy atom. The topological polar surface area (TPSA) is 32.3 Å². The predicted octanol–water partition coefficient (Wildman–Crippen LogP) is 3.97. The molecule has 2 rings (SSSR count). The van der Waals surface area contributed by atoms with Crippen molar-refractivity contribution in [2.45, 2.75) is 20.4 Å². The van der Waals surface area contributed by atoms with Gasteiger partial charge in [-0.25, -0.2) is 4.79 Å². The number of nitrogens with one attached hydrogen (secondary N) is 1. The summed E-state index contributed by atoms with van der Waals surface area (Å²) in [7, 11) is 1.80. The van der Waals surface area contributed by atoms with Crippen LogP contribution in [0.3, 0.4) is 0 Å². The summed E-state index contributed by atoms with van der Waals surface area (Å²) in [5.41, 5.74) is 4.30. The van der Waals surface area contributed by atoms with Gasteiger partial charge in [-0.15, -0.1) is 0 Å². The summed E-state index contributed by atoms with van der Waals surface area (Å²) in [6.45, 7) is 4.65. The molecule has 20 heavy (non-hydrogen) atoms. The Morgan fingerprint density at radius 3 is 2.40 bits per heavy atom. The fourth-order valence-corrected chi connectivity index (χ4v) is 1.98. The maximum absolute atomic E-state index is 12.1. The molecule has 0 heterocycles. The second-order valence-corrected chi connectivity index (χ2v) is 5.14. The van der Waals surface area contributed by atoms with E-state index in [9.17, 15) is 4.79 Å². The van der Waals surface area contributed by atoms with Gasteiger partial charge in [-0.2, -0.15) is 0 Å². The van der Waals surface area contributed by atoms with Crippen molar-refractivity contribution < 1.29 is 4.79 Å². The molecule has 0 spiro atoms. The number of amides is 2. The summed E-state index contributed by atoms with van der Waals surface area (Å²) in [6.07, 6.45) is 0. The number of hydrogen-bond acceptors (Lipinski definition) is 1. The van der Waals surface area contributed by atoms with Crippen LogP contribution >= 0.6 is 0 Å². The van der Waals surface area contributed by atoms with Crippen LogP contribution in [0.25, 0.3) is 0 Å². The smallest absolute Gasteiger partial charge is 0.321 e. The van der Waals surface area contributed by atoms with Gasteiger partial charge in [0.2, 0.25) is 0 Å². The van der Waals surface area contributed by atoms with Crippen molar-refractivity contribution >= 4 is 11.7 Å². The zero-order valence-electron chi connectivity index (χ0n) is 12.2. The first kappa shape index (κ1) is 14.1. The lowest BCUT2D eigenvalue weighted by Crippen LogP contribution is -2.30. The number of hydrogen-bond donors (Lipinski definition) is 1. The Labute approximate surface area is 120 Å². The number of carbonyl (C=O) groups is 1. The van der Waals surface area contributed by atoms with E-state index in [1.165, 1.54) is 5.56 Å². The highest BCUT2D eigenvalue weighted by molar-refractivity contribution is 5.89. The molecule has 0 aliphatic carbocycles. The van der Waals surface area contributed by atoms with E-state index in [0.717, 1.165) is 16.8 Å². The van der Waals surface area contributed by atoms with Gasteiger partial charge in [0.25, 0.3) is 0 Å². The van der Waals surface area contributed by atoms with E-state index in [0.29, 0.717) is 6.54 Å². The minimum atomic E-state index is -0.101. The van der Waals surface area contributed by atoms with Crippen molar-refractivity contribution in [2.24, 2.45) is 0 Å². The number of benzene rings is 2. The van der Waals surface area contributed by atoms with Gasteiger partial charge in [0.15, 0.2) is 0 Å². The van der Waals surface area contributed by atoms with Crippen LogP contribution in [0.2, 0.25) is 0 Å². The number of rotatable bonds is 3. The largest absolute Gasteiger partial charge is 0.323 e. The molecule has 3 heteroatoms. The van der Waals surface area contributed by atoms with Crippen LogP contribution in [0.5, 0.6) is 0 Å². The van der Waals surface area contributed by atoms with Crippen molar-refractivity contribution in [2.75, 3.05) is 12.4 Å². The third-order valence-corrected chi connectivity index (χ3v) is 3.16. The highest BCUT2D eigenvalue weighted by Crippen LogP contribution is 2.11. The lowest BCUT2D eigenvalue weighted by Gasteiger charge is -2.18. The SMILES string of the molecule is Cc1ccc(CN(C)C(=O)Nc2cccc(C)c2)cc1. The third-order valence-electron chi connectivity index (χ3n) is 3.16. The first-order valence-electron chi connectivity index (χ1n) is 6.69. The maximum Gasteiger partial charge on any atom is 0.321 e. The van der Waals surface area contributed by atoms with Crippen molar-refractivity contribution in [3.8, 4) is 0 Å². The van der Waals surface area contributed by atoms with Crippen LogP contribution < -0.4 is 5.32 Å². The van der Waals surface area contributed by atoms with Gasteiger partial charge in [-0.05, 0) is 37.1 Å². The molecule has 0 aliphatic rings. The molecule has 0 bridgehead atoms. The molecule has 3 nitrogen and oxygen atoms in total. The summed E-state index contributed by atoms with van der Waals surface area (Å²) in [6, 6.07) is 15.9. The number of carbonyl (C=O) groups excluding carboxylic acids is 1. The van der Waals surface area contributed by atoms with E-state index >= 15 is 0 Å². The average molecular weight is 268 g/mol. The van der Waals surface area contributed by atoms with E-state index < -0.39 is 0 Å². The Bertz CT molecular complexity index is 590. The second kappa shape index (κ2) is 6.24. The number of anilines is 1. The fraction of sp³-hybridized carbons (Fsp3) is 0.235. The van der Waals surface area contributed by atoms with Gasteiger partial charge in [-0.3, -0.25) is 0 Å². The molecule has 0 unspecified atom stereocenters. The molecule has 0 saturated carbocycles. The van der Waals surface area contributed by atoms with Crippen molar-refractivity contribution in [3.63, 3.8) is 0 Å². The van der Waals surface area contributed by atoms with Gasteiger partial charge in [-0.1, -0.05) is 42.0 Å². The standard InChI is InChI=1S/C17H20N2O/c1-13-7-9-15(10-8-13)12-19(3)17(20)18-16-6-4-5-14(2)11-16/h4-11H,12H2,1-3H3,(H,18,20). The van der Waals surface area contributed by atoms with Crippen LogP contribution in [0.15, 0.2) is 48.5 Å². The molecule has 104 valence electrons. The number of nitrogens with zero attached hydrogens (tertiary/aromatic N) is 1. The summed E-state index contributed by atoms with van der Waals surface area (Å²) >= 11 is 0. The molecule has 0 aliphatic heterocycles. The Hall–Kier alpha value is -2.29. The minimum absolute atomic E-state index is 0.101. The first-order valence-corrected chi connectivity index (χ1v) is 6.69. The van der Waals surface area contributed by atoms with E-state index in [4.69, 9.17) is 0 Å². The molecular formula is C17H20N2O. The van der Waals surface area contributed by atoms with Crippen LogP contribution in [-0.4, -0.2) is 18.0 Å². The normalized spacial score (nSPS) is 10.2. The monoisotopic (exact) mass is 268 g/mol. The third kappa shape index (κ3) is 3.85. The first-order chi connectivity index (χ1) is 9.54. The summed E-state index contributed by atoms with van der Waals surface area (Å²) in [5.74, 6) is 0. The van der Waals surface area contributed by atoms with Crippen LogP contribution in [0, 0.1) is 13.8 Å². The van der Waals surface area contributed by atoms with Gasteiger partial charge >= 0.3 is 6.03 Å². The van der Waals surface area contributed by atoms with Crippen molar-refractivity contribution in [3.05, 3.63) is 65.2 Å². The zero-order valence-corrected chi connectivity index (χ0v) is 12.2. The van der Waals surface area contributed by atoms with Gasteiger partial charge < -0.3 is 10.2 Å². The van der Waals surface area contributed by atoms with E-state index in [1.807, 2.05) is 43.3 Å². The molecule has 2 amide bonds. The molecule has 0 saturated heterocycles. The summed E-state index contributed by atoms with van der Waals surface area (Å²) < 4.78 is 0. The molecule has 0 aromatic heterocycles. The van der Waals surface area contributed by atoms with Crippen molar-refractivity contribution in [1.82, 2.24) is 4.90 Å². The lowest BCUT2D eigenvalue weighted by atomic mass is 10.1. The minimum Gasteiger partial charge on any atom is -0.323 e. The molecule has 2 aromatic rings. The van der Waals surface area contributed by atoms with Crippen LogP contribution in [0.1, 0.15) is 16.7 Å². The molecular weight excluding hydrogens is 248 g/mol. The predicted molar refractivity (Wildman–Crippen MR) is 82.8 cm³/mol. The zero-order chi connectivity index (χ0) is 14.5. The molecule has 0 fully saturated rings. The average Bonchev–Trinajstić information content (AvgIpc) is 2.41. The van der Waals surface area contributed by atoms with Crippen LogP contribution in [0.4, 0.5) is 10.5 Å². The summed E-state index contributed by atoms with van der Waals surface area (Å²) in [5, 5.41) is 2.90. The van der Waals surface area contributed by atoms with Crippen molar-refractivity contribution in [1.29, 1.82) is 0 Å². The Balaban J connectivity index is 1.96. The van der Waals surface area contributed by atoms with E-state index in [2.05, 4.69) is 24.4 Å². The van der Waals surface area contributed by atoms with Crippen LogP contribution in [-0.2, 0) is 6.54 Å². The van der Waals surface area contributed by atoms with Gasteiger partial charge in [0.1, 0.15) is 0 Å². The quantitative estimate of drug-likeness (QED) is 0.897. The maximum atomic E-state index is 12.1. The fourth-order valence-electron chi connectivity index (χ4n) is 1.98. The molecule has 0 radical (unpaired) electrons. The molecule has 2 aromatic carbocycles. The number of urea groups is 1. The van der Waals surface area contributed by atoms with E-state index in [-0.39, 0.29) is 6.03 Å². The lowest BCUT2D eigenvalue weighted by molar-refractivity contribution is 0.220. The van der Waals surface area contributed by atoms with Gasteiger partial charge in [0, 0.05) is 19.3 Å². The molecule has 0 atom stereocenters.